The van der Waals surface area contributed by atoms with Gasteiger partial charge in [-0.3, -0.25) is 14.5 Å². The van der Waals surface area contributed by atoms with Crippen molar-refractivity contribution in [3.63, 3.8) is 0 Å². The maximum Gasteiger partial charge on any atom is 0.240 e. The van der Waals surface area contributed by atoms with Crippen LogP contribution in [-0.2, 0) is 9.59 Å². The van der Waals surface area contributed by atoms with E-state index in [0.717, 1.165) is 32.4 Å². The molecular weight excluding hydrogens is 276 g/mol. The van der Waals surface area contributed by atoms with Crippen LogP contribution in [-0.4, -0.2) is 24.9 Å². The van der Waals surface area contributed by atoms with Gasteiger partial charge in [0.2, 0.25) is 11.8 Å². The summed E-state index contributed by atoms with van der Waals surface area (Å²) in [7, 11) is 0. The van der Waals surface area contributed by atoms with Gasteiger partial charge in [0, 0.05) is 6.92 Å². The molecule has 1 unspecified atom stereocenters. The van der Waals surface area contributed by atoms with Gasteiger partial charge in [0.05, 0.1) is 11.1 Å². The Bertz CT molecular complexity index is 521. The SMILES string of the molecule is CCC(C)C1(C(=O)N(C(C)=O)c2ccccc2)CCNCC1. The lowest BCUT2D eigenvalue weighted by atomic mass is 9.67. The fourth-order valence-corrected chi connectivity index (χ4v) is 3.42. The van der Waals surface area contributed by atoms with Crippen molar-refractivity contribution in [2.45, 2.75) is 40.0 Å². The smallest absolute Gasteiger partial charge is 0.240 e. The number of carbonyl (C=O) groups is 2. The van der Waals surface area contributed by atoms with E-state index in [1.165, 1.54) is 11.8 Å². The number of carbonyl (C=O) groups excluding carboxylic acids is 2. The first kappa shape index (κ1) is 16.7. The summed E-state index contributed by atoms with van der Waals surface area (Å²) >= 11 is 0. The van der Waals surface area contributed by atoms with Crippen LogP contribution in [0.3, 0.4) is 0 Å². The van der Waals surface area contributed by atoms with Crippen molar-refractivity contribution in [3.05, 3.63) is 30.3 Å². The van der Waals surface area contributed by atoms with Crippen LogP contribution in [0.4, 0.5) is 5.69 Å². The Labute approximate surface area is 132 Å². The number of benzene rings is 1. The molecule has 4 nitrogen and oxygen atoms in total. The zero-order valence-electron chi connectivity index (χ0n) is 13.8. The first-order chi connectivity index (χ1) is 10.5. The summed E-state index contributed by atoms with van der Waals surface area (Å²) in [6, 6.07) is 9.25. The molecule has 1 fully saturated rings. The molecule has 1 atom stereocenters. The summed E-state index contributed by atoms with van der Waals surface area (Å²) in [5.74, 6) is 0.00660. The lowest BCUT2D eigenvalue weighted by Crippen LogP contribution is -2.53. The highest BCUT2D eigenvalue weighted by atomic mass is 16.2. The van der Waals surface area contributed by atoms with Gasteiger partial charge in [-0.05, 0) is 44.0 Å². The summed E-state index contributed by atoms with van der Waals surface area (Å²) in [5, 5.41) is 3.33. The normalized spacial score (nSPS) is 18.5. The number of para-hydroxylation sites is 1. The zero-order chi connectivity index (χ0) is 16.2. The molecule has 0 saturated carbocycles. The van der Waals surface area contributed by atoms with Crippen LogP contribution in [0.15, 0.2) is 30.3 Å². The Morgan fingerprint density at radius 3 is 2.32 bits per heavy atom. The number of rotatable bonds is 4. The predicted molar refractivity (Wildman–Crippen MR) is 88.6 cm³/mol. The molecule has 1 aromatic rings. The van der Waals surface area contributed by atoms with E-state index in [1.807, 2.05) is 30.3 Å². The Balaban J connectivity index is 2.41. The molecule has 0 spiro atoms. The average molecular weight is 302 g/mol. The van der Waals surface area contributed by atoms with E-state index in [1.54, 1.807) is 0 Å². The lowest BCUT2D eigenvalue weighted by Gasteiger charge is -2.43. The van der Waals surface area contributed by atoms with Crippen molar-refractivity contribution in [3.8, 4) is 0 Å². The van der Waals surface area contributed by atoms with E-state index in [0.29, 0.717) is 5.69 Å². The van der Waals surface area contributed by atoms with E-state index in [4.69, 9.17) is 0 Å². The highest BCUT2D eigenvalue weighted by Gasteiger charge is 2.46. The average Bonchev–Trinajstić information content (AvgIpc) is 2.55. The maximum absolute atomic E-state index is 13.3. The second-order valence-electron chi connectivity index (χ2n) is 6.21. The van der Waals surface area contributed by atoms with E-state index < -0.39 is 5.41 Å². The van der Waals surface area contributed by atoms with E-state index in [2.05, 4.69) is 19.2 Å². The molecule has 0 aromatic heterocycles. The Hall–Kier alpha value is -1.68. The third-order valence-electron chi connectivity index (χ3n) is 5.01. The molecule has 0 aliphatic carbocycles. The summed E-state index contributed by atoms with van der Waals surface area (Å²) in [4.78, 5) is 26.9. The van der Waals surface area contributed by atoms with Gasteiger partial charge in [-0.15, -0.1) is 0 Å². The number of hydrogen-bond donors (Lipinski definition) is 1. The van der Waals surface area contributed by atoms with Gasteiger partial charge in [0.1, 0.15) is 0 Å². The summed E-state index contributed by atoms with van der Waals surface area (Å²) in [6.07, 6.45) is 2.52. The number of anilines is 1. The number of nitrogens with zero attached hydrogens (tertiary/aromatic N) is 1. The van der Waals surface area contributed by atoms with Gasteiger partial charge < -0.3 is 5.32 Å². The van der Waals surface area contributed by atoms with Crippen LogP contribution >= 0.6 is 0 Å². The van der Waals surface area contributed by atoms with Gasteiger partial charge in [-0.25, -0.2) is 0 Å². The van der Waals surface area contributed by atoms with Crippen LogP contribution in [0, 0.1) is 11.3 Å². The molecule has 1 aliphatic heterocycles. The quantitative estimate of drug-likeness (QED) is 0.930. The van der Waals surface area contributed by atoms with Crippen molar-refractivity contribution in [1.29, 1.82) is 0 Å². The summed E-state index contributed by atoms with van der Waals surface area (Å²) in [5.41, 5.74) is 0.225. The fourth-order valence-electron chi connectivity index (χ4n) is 3.42. The van der Waals surface area contributed by atoms with Crippen LogP contribution in [0.25, 0.3) is 0 Å². The standard InChI is InChI=1S/C18H26N2O2/c1-4-14(2)18(10-12-19-13-11-18)17(22)20(15(3)21)16-8-6-5-7-9-16/h5-9,14,19H,4,10-13H2,1-3H3. The molecule has 4 heteroatoms. The molecule has 1 aliphatic rings. The zero-order valence-corrected chi connectivity index (χ0v) is 13.8. The molecule has 1 N–H and O–H groups in total. The third kappa shape index (κ3) is 3.07. The van der Waals surface area contributed by atoms with Crippen molar-refractivity contribution in [2.75, 3.05) is 18.0 Å². The maximum atomic E-state index is 13.3. The number of hydrogen-bond acceptors (Lipinski definition) is 3. The van der Waals surface area contributed by atoms with Gasteiger partial charge in [-0.1, -0.05) is 38.5 Å². The molecule has 120 valence electrons. The van der Waals surface area contributed by atoms with Crippen molar-refractivity contribution in [2.24, 2.45) is 11.3 Å². The lowest BCUT2D eigenvalue weighted by molar-refractivity contribution is -0.136. The second kappa shape index (κ2) is 7.05. The molecule has 2 amide bonds. The molecule has 1 saturated heterocycles. The van der Waals surface area contributed by atoms with Crippen LogP contribution in [0.2, 0.25) is 0 Å². The minimum Gasteiger partial charge on any atom is -0.317 e. The number of amides is 2. The largest absolute Gasteiger partial charge is 0.317 e. The molecule has 0 radical (unpaired) electrons. The van der Waals surface area contributed by atoms with E-state index >= 15 is 0 Å². The number of nitrogens with one attached hydrogen (secondary N) is 1. The van der Waals surface area contributed by atoms with Crippen LogP contribution < -0.4 is 10.2 Å². The van der Waals surface area contributed by atoms with Gasteiger partial charge in [0.15, 0.2) is 0 Å². The van der Waals surface area contributed by atoms with Gasteiger partial charge in [0.25, 0.3) is 0 Å². The summed E-state index contributed by atoms with van der Waals surface area (Å²) in [6.45, 7) is 7.37. The molecule has 22 heavy (non-hydrogen) atoms. The van der Waals surface area contributed by atoms with Crippen LogP contribution in [0.1, 0.15) is 40.0 Å². The minimum atomic E-state index is -0.443. The summed E-state index contributed by atoms with van der Waals surface area (Å²) < 4.78 is 0. The molecule has 1 heterocycles. The van der Waals surface area contributed by atoms with Crippen LogP contribution in [0.5, 0.6) is 0 Å². The molecule has 0 bridgehead atoms. The molecular formula is C18H26N2O2. The van der Waals surface area contributed by atoms with E-state index in [-0.39, 0.29) is 17.7 Å². The first-order valence-electron chi connectivity index (χ1n) is 8.14. The number of piperidine rings is 1. The molecule has 1 aromatic carbocycles. The Kier molecular flexibility index (Phi) is 5.35. The van der Waals surface area contributed by atoms with E-state index in [9.17, 15) is 9.59 Å². The third-order valence-corrected chi connectivity index (χ3v) is 5.01. The van der Waals surface area contributed by atoms with Gasteiger partial charge >= 0.3 is 0 Å². The Morgan fingerprint density at radius 2 is 1.82 bits per heavy atom. The highest BCUT2D eigenvalue weighted by molar-refractivity contribution is 6.16. The van der Waals surface area contributed by atoms with Crippen molar-refractivity contribution < 1.29 is 9.59 Å². The highest BCUT2D eigenvalue weighted by Crippen LogP contribution is 2.41. The second-order valence-corrected chi connectivity index (χ2v) is 6.21. The monoisotopic (exact) mass is 302 g/mol. The van der Waals surface area contributed by atoms with Gasteiger partial charge in [-0.2, -0.15) is 0 Å². The topological polar surface area (TPSA) is 49.4 Å². The molecule has 2 rings (SSSR count). The van der Waals surface area contributed by atoms with Crippen molar-refractivity contribution in [1.82, 2.24) is 5.32 Å². The minimum absolute atomic E-state index is 0.0398. The van der Waals surface area contributed by atoms with Crippen molar-refractivity contribution >= 4 is 17.5 Å². The first-order valence-corrected chi connectivity index (χ1v) is 8.14. The Morgan fingerprint density at radius 1 is 1.23 bits per heavy atom. The number of imide groups is 1. The predicted octanol–water partition coefficient (Wildman–Crippen LogP) is 2.98. The fraction of sp³-hybridized carbons (Fsp3) is 0.556.